The van der Waals surface area contributed by atoms with Crippen LogP contribution in [-0.4, -0.2) is 42.9 Å². The molecule has 0 bridgehead atoms. The Morgan fingerprint density at radius 3 is 2.40 bits per heavy atom. The van der Waals surface area contributed by atoms with Gasteiger partial charge in [0.05, 0.1) is 20.6 Å². The molecule has 1 unspecified atom stereocenters. The summed E-state index contributed by atoms with van der Waals surface area (Å²) in [6.45, 7) is 1.88. The Labute approximate surface area is 79.1 Å². The number of aliphatic hydroxyl groups is 1. The maximum atomic E-state index is 9.14. The highest BCUT2D eigenvalue weighted by atomic mass is 127. The first-order chi connectivity index (χ1) is 4.10. The van der Waals surface area contributed by atoms with Gasteiger partial charge in [0, 0.05) is 0 Å². The van der Waals surface area contributed by atoms with E-state index in [2.05, 4.69) is 14.1 Å². The standard InChI is InChI=1S/C7H14NO.HI/c1-8(2)5-3-4-7(9)6-8;/h3-4,7,9H,5-6H2,1-2H3;1H/q+1;/p-1. The molecule has 1 atom stereocenters. The van der Waals surface area contributed by atoms with Crippen molar-refractivity contribution in [1.82, 2.24) is 0 Å². The van der Waals surface area contributed by atoms with Crippen LogP contribution in [0.3, 0.4) is 0 Å². The van der Waals surface area contributed by atoms with Crippen LogP contribution in [0.2, 0.25) is 0 Å². The van der Waals surface area contributed by atoms with Gasteiger partial charge in [-0.05, 0) is 12.2 Å². The Bertz CT molecular complexity index is 134. The summed E-state index contributed by atoms with van der Waals surface area (Å²) in [6, 6.07) is 0. The third-order valence-electron chi connectivity index (χ3n) is 1.64. The molecule has 0 radical (unpaired) electrons. The Balaban J connectivity index is 0.000000810. The van der Waals surface area contributed by atoms with Crippen molar-refractivity contribution in [2.45, 2.75) is 6.10 Å². The number of quaternary nitrogens is 1. The lowest BCUT2D eigenvalue weighted by Gasteiger charge is -2.32. The Kier molecular flexibility index (Phi) is 3.83. The first-order valence-electron chi connectivity index (χ1n) is 3.27. The Morgan fingerprint density at radius 2 is 2.10 bits per heavy atom. The van der Waals surface area contributed by atoms with Gasteiger partial charge in [0.15, 0.2) is 0 Å². The summed E-state index contributed by atoms with van der Waals surface area (Å²) in [4.78, 5) is 0. The molecule has 1 aliphatic rings. The highest BCUT2D eigenvalue weighted by Crippen LogP contribution is 2.06. The van der Waals surface area contributed by atoms with Gasteiger partial charge < -0.3 is 33.6 Å². The number of rotatable bonds is 0. The molecule has 60 valence electrons. The number of halogens is 1. The second-order valence-corrected chi connectivity index (χ2v) is 3.30. The van der Waals surface area contributed by atoms with Crippen LogP contribution in [0.15, 0.2) is 12.2 Å². The van der Waals surface area contributed by atoms with Gasteiger partial charge >= 0.3 is 0 Å². The molecule has 3 heteroatoms. The molecule has 0 amide bonds. The van der Waals surface area contributed by atoms with Gasteiger partial charge in [0.2, 0.25) is 0 Å². The van der Waals surface area contributed by atoms with E-state index in [0.717, 1.165) is 17.6 Å². The molecule has 0 saturated carbocycles. The summed E-state index contributed by atoms with van der Waals surface area (Å²) < 4.78 is 0.900. The lowest BCUT2D eigenvalue weighted by Crippen LogP contribution is -3.00. The predicted octanol–water partition coefficient (Wildman–Crippen LogP) is -3.00. The maximum Gasteiger partial charge on any atom is 0.121 e. The SMILES string of the molecule is C[N+]1(C)CC=CC(O)C1.[I-]. The van der Waals surface area contributed by atoms with E-state index >= 15 is 0 Å². The van der Waals surface area contributed by atoms with Gasteiger partial charge in [0.1, 0.15) is 12.6 Å². The van der Waals surface area contributed by atoms with Crippen LogP contribution in [0, 0.1) is 0 Å². The lowest BCUT2D eigenvalue weighted by atomic mass is 10.2. The van der Waals surface area contributed by atoms with Gasteiger partial charge in [-0.3, -0.25) is 0 Å². The number of likely N-dealkylation sites (N-methyl/N-ethyl adjacent to an activating group) is 1. The van der Waals surface area contributed by atoms with Crippen LogP contribution in [0.1, 0.15) is 0 Å². The molecule has 0 spiro atoms. The third kappa shape index (κ3) is 2.98. The number of hydrogen-bond acceptors (Lipinski definition) is 1. The number of aliphatic hydroxyl groups excluding tert-OH is 1. The average Bonchev–Trinajstić information content (AvgIpc) is 1.60. The van der Waals surface area contributed by atoms with Gasteiger partial charge in [-0.15, -0.1) is 0 Å². The van der Waals surface area contributed by atoms with Crippen LogP contribution < -0.4 is 24.0 Å². The molecule has 2 nitrogen and oxygen atoms in total. The molecule has 1 rings (SSSR count). The zero-order valence-corrected chi connectivity index (χ0v) is 8.58. The molecular weight excluding hydrogens is 241 g/mol. The van der Waals surface area contributed by atoms with Crippen LogP contribution in [0.5, 0.6) is 0 Å². The average molecular weight is 255 g/mol. The highest BCUT2D eigenvalue weighted by molar-refractivity contribution is 4.91. The van der Waals surface area contributed by atoms with Crippen molar-refractivity contribution in [2.75, 3.05) is 27.2 Å². The van der Waals surface area contributed by atoms with E-state index in [0.29, 0.717) is 0 Å². The van der Waals surface area contributed by atoms with E-state index in [4.69, 9.17) is 5.11 Å². The van der Waals surface area contributed by atoms with Gasteiger partial charge in [-0.25, -0.2) is 0 Å². The third-order valence-corrected chi connectivity index (χ3v) is 1.64. The summed E-state index contributed by atoms with van der Waals surface area (Å²) in [5.74, 6) is 0. The highest BCUT2D eigenvalue weighted by Gasteiger charge is 2.20. The first kappa shape index (κ1) is 10.4. The molecule has 0 fully saturated rings. The zero-order valence-electron chi connectivity index (χ0n) is 6.42. The van der Waals surface area contributed by atoms with Crippen LogP contribution in [0.25, 0.3) is 0 Å². The summed E-state index contributed by atoms with van der Waals surface area (Å²) >= 11 is 0. The van der Waals surface area contributed by atoms with E-state index in [1.807, 2.05) is 12.2 Å². The van der Waals surface area contributed by atoms with Gasteiger partial charge in [0.25, 0.3) is 0 Å². The number of nitrogens with zero attached hydrogens (tertiary/aromatic N) is 1. The smallest absolute Gasteiger partial charge is 0.121 e. The largest absolute Gasteiger partial charge is 1.00 e. The lowest BCUT2D eigenvalue weighted by molar-refractivity contribution is -0.888. The molecule has 0 aliphatic carbocycles. The van der Waals surface area contributed by atoms with Crippen LogP contribution in [0.4, 0.5) is 0 Å². The predicted molar refractivity (Wildman–Crippen MR) is 37.0 cm³/mol. The second-order valence-electron chi connectivity index (χ2n) is 3.30. The molecule has 10 heavy (non-hydrogen) atoms. The molecule has 0 aromatic carbocycles. The van der Waals surface area contributed by atoms with E-state index in [1.54, 1.807) is 0 Å². The topological polar surface area (TPSA) is 20.2 Å². The fraction of sp³-hybridized carbons (Fsp3) is 0.714. The minimum atomic E-state index is -0.228. The van der Waals surface area contributed by atoms with Crippen molar-refractivity contribution in [3.05, 3.63) is 12.2 Å². The van der Waals surface area contributed by atoms with Crippen molar-refractivity contribution < 1.29 is 33.6 Å². The van der Waals surface area contributed by atoms with Crippen molar-refractivity contribution in [2.24, 2.45) is 0 Å². The second kappa shape index (κ2) is 3.69. The monoisotopic (exact) mass is 255 g/mol. The minimum absolute atomic E-state index is 0. The van der Waals surface area contributed by atoms with Crippen molar-refractivity contribution in [1.29, 1.82) is 0 Å². The molecular formula is C7H14INO. The van der Waals surface area contributed by atoms with E-state index in [-0.39, 0.29) is 30.1 Å². The minimum Gasteiger partial charge on any atom is -1.00 e. The number of hydrogen-bond donors (Lipinski definition) is 1. The summed E-state index contributed by atoms with van der Waals surface area (Å²) in [5, 5.41) is 9.14. The quantitative estimate of drug-likeness (QED) is 0.278. The Morgan fingerprint density at radius 1 is 1.50 bits per heavy atom. The van der Waals surface area contributed by atoms with E-state index in [1.165, 1.54) is 0 Å². The summed E-state index contributed by atoms with van der Waals surface area (Å²) in [7, 11) is 4.24. The molecule has 0 aromatic heterocycles. The van der Waals surface area contributed by atoms with Crippen molar-refractivity contribution >= 4 is 0 Å². The summed E-state index contributed by atoms with van der Waals surface area (Å²) in [6.07, 6.45) is 3.67. The zero-order chi connectivity index (χ0) is 6.91. The Hall–Kier alpha value is 0.390. The first-order valence-corrected chi connectivity index (χ1v) is 3.27. The fourth-order valence-corrected chi connectivity index (χ4v) is 1.15. The molecule has 0 saturated heterocycles. The molecule has 1 heterocycles. The normalized spacial score (nSPS) is 29.3. The molecule has 1 aliphatic heterocycles. The van der Waals surface area contributed by atoms with Crippen LogP contribution in [-0.2, 0) is 0 Å². The maximum absolute atomic E-state index is 9.14. The van der Waals surface area contributed by atoms with E-state index in [9.17, 15) is 0 Å². The van der Waals surface area contributed by atoms with Crippen molar-refractivity contribution in [3.8, 4) is 0 Å². The summed E-state index contributed by atoms with van der Waals surface area (Å²) in [5.41, 5.74) is 0. The fourth-order valence-electron chi connectivity index (χ4n) is 1.15. The van der Waals surface area contributed by atoms with Crippen LogP contribution >= 0.6 is 0 Å². The van der Waals surface area contributed by atoms with Gasteiger partial charge in [-0.2, -0.15) is 0 Å². The van der Waals surface area contributed by atoms with Gasteiger partial charge in [-0.1, -0.05) is 0 Å². The van der Waals surface area contributed by atoms with E-state index < -0.39 is 0 Å². The molecule has 0 aromatic rings. The van der Waals surface area contributed by atoms with Crippen molar-refractivity contribution in [3.63, 3.8) is 0 Å². The molecule has 1 N–H and O–H groups in total.